The van der Waals surface area contributed by atoms with Crippen LogP contribution in [0.25, 0.3) is 0 Å². The highest BCUT2D eigenvalue weighted by molar-refractivity contribution is 7.92. The molecule has 0 bridgehead atoms. The largest absolute Gasteiger partial charge is 0.383 e. The van der Waals surface area contributed by atoms with Crippen molar-refractivity contribution in [1.29, 1.82) is 0 Å². The van der Waals surface area contributed by atoms with Crippen LogP contribution in [0.15, 0.2) is 61.2 Å². The van der Waals surface area contributed by atoms with Gasteiger partial charge in [-0.25, -0.2) is 36.8 Å². The topological polar surface area (TPSA) is 295 Å². The molecule has 0 aliphatic carbocycles. The SMILES string of the molecule is CCc1cc(NC(=O)C(=O)N2C[C@@H](C)CC[C@@H]2c2ccc(NS(C)(=O)=O)nc2)cnc1N.CCc1cc(NC(=O)C(=O)N2C[C@H](C)CC[C@H]2c2ccc(NS(C)(=O)=O)nc2)cnc1N. The minimum atomic E-state index is -3.44. The van der Waals surface area contributed by atoms with Crippen molar-refractivity contribution in [3.63, 3.8) is 0 Å². The average molecular weight is 921 g/mol. The van der Waals surface area contributed by atoms with E-state index in [9.17, 15) is 36.0 Å². The van der Waals surface area contributed by atoms with Gasteiger partial charge in [0.1, 0.15) is 23.3 Å². The molecule has 6 rings (SSSR count). The van der Waals surface area contributed by atoms with E-state index in [0.29, 0.717) is 61.8 Å². The van der Waals surface area contributed by atoms with Gasteiger partial charge >= 0.3 is 23.6 Å². The number of carbonyl (C=O) groups is 4. The van der Waals surface area contributed by atoms with Gasteiger partial charge in [0.05, 0.1) is 48.4 Å². The Labute approximate surface area is 373 Å². The number of likely N-dealkylation sites (tertiary alicyclic amines) is 2. The first kappa shape index (κ1) is 48.6. The normalized spacial score (nSPS) is 18.8. The Bertz CT molecular complexity index is 2380. The molecule has 6 heterocycles. The Balaban J connectivity index is 0.000000241. The smallest absolute Gasteiger partial charge is 0.313 e. The lowest BCUT2D eigenvalue weighted by molar-refractivity contribution is -0.146. The molecule has 22 heteroatoms. The summed E-state index contributed by atoms with van der Waals surface area (Å²) in [6, 6.07) is 9.28. The molecule has 344 valence electrons. The lowest BCUT2D eigenvalue weighted by atomic mass is 9.90. The van der Waals surface area contributed by atoms with Crippen LogP contribution in [0.3, 0.4) is 0 Å². The Kier molecular flexibility index (Phi) is 15.8. The third kappa shape index (κ3) is 13.3. The van der Waals surface area contributed by atoms with E-state index in [2.05, 4.69) is 40.0 Å². The van der Waals surface area contributed by atoms with Gasteiger partial charge in [0.2, 0.25) is 20.0 Å². The van der Waals surface area contributed by atoms with Crippen molar-refractivity contribution < 1.29 is 36.0 Å². The number of hydrogen-bond acceptors (Lipinski definition) is 14. The van der Waals surface area contributed by atoms with Gasteiger partial charge in [-0.05, 0) is 96.9 Å². The molecular weight excluding hydrogens is 865 g/mol. The van der Waals surface area contributed by atoms with E-state index >= 15 is 0 Å². The van der Waals surface area contributed by atoms with Gasteiger partial charge < -0.3 is 31.9 Å². The first-order valence-corrected chi connectivity index (χ1v) is 24.5. The molecule has 4 amide bonds. The number of nitrogens with two attached hydrogens (primary N) is 2. The van der Waals surface area contributed by atoms with Gasteiger partial charge in [-0.15, -0.1) is 0 Å². The average Bonchev–Trinajstić information content (AvgIpc) is 3.24. The minimum absolute atomic E-state index is 0.193. The van der Waals surface area contributed by atoms with Crippen molar-refractivity contribution in [2.75, 3.05) is 57.1 Å². The fraction of sp³-hybridized carbons (Fsp3) is 0.429. The van der Waals surface area contributed by atoms with Crippen molar-refractivity contribution in [3.8, 4) is 0 Å². The van der Waals surface area contributed by atoms with Crippen molar-refractivity contribution in [2.24, 2.45) is 11.8 Å². The van der Waals surface area contributed by atoms with Crippen molar-refractivity contribution in [2.45, 2.75) is 78.3 Å². The number of anilines is 6. The first-order valence-electron chi connectivity index (χ1n) is 20.7. The number of carbonyl (C=O) groups excluding carboxylic acids is 4. The summed E-state index contributed by atoms with van der Waals surface area (Å²) in [6.07, 6.45) is 12.4. The Hall–Kier alpha value is -6.42. The summed E-state index contributed by atoms with van der Waals surface area (Å²) >= 11 is 0. The van der Waals surface area contributed by atoms with Crippen LogP contribution in [-0.2, 0) is 52.1 Å². The van der Waals surface area contributed by atoms with Crippen molar-refractivity contribution in [1.82, 2.24) is 29.7 Å². The van der Waals surface area contributed by atoms with Gasteiger partial charge in [0.25, 0.3) is 0 Å². The van der Waals surface area contributed by atoms with Gasteiger partial charge in [0, 0.05) is 25.5 Å². The van der Waals surface area contributed by atoms with Crippen LogP contribution in [-0.4, -0.2) is 95.8 Å². The van der Waals surface area contributed by atoms with Gasteiger partial charge in [-0.2, -0.15) is 0 Å². The van der Waals surface area contributed by atoms with Crippen LogP contribution in [0, 0.1) is 11.8 Å². The summed E-state index contributed by atoms with van der Waals surface area (Å²) < 4.78 is 50.2. The third-order valence-corrected chi connectivity index (χ3v) is 11.9. The van der Waals surface area contributed by atoms with Crippen LogP contribution >= 0.6 is 0 Å². The molecule has 4 aromatic heterocycles. The number of pyridine rings is 4. The Morgan fingerprint density at radius 1 is 0.609 bits per heavy atom. The number of aryl methyl sites for hydroxylation is 2. The highest BCUT2D eigenvalue weighted by atomic mass is 32.2. The zero-order valence-electron chi connectivity index (χ0n) is 36.7. The van der Waals surface area contributed by atoms with Crippen molar-refractivity contribution in [3.05, 3.63) is 83.4 Å². The maximum Gasteiger partial charge on any atom is 0.313 e. The number of piperidine rings is 2. The monoisotopic (exact) mass is 920 g/mol. The van der Waals surface area contributed by atoms with E-state index in [1.165, 1.54) is 24.8 Å². The number of rotatable bonds is 10. The molecule has 4 atom stereocenters. The quantitative estimate of drug-likeness (QED) is 0.123. The summed E-state index contributed by atoms with van der Waals surface area (Å²) in [7, 11) is -6.88. The number of nitrogen functional groups attached to an aromatic ring is 2. The lowest BCUT2D eigenvalue weighted by Crippen LogP contribution is -2.46. The number of nitrogens with zero attached hydrogens (tertiary/aromatic N) is 6. The predicted molar refractivity (Wildman–Crippen MR) is 244 cm³/mol. The summed E-state index contributed by atoms with van der Waals surface area (Å²) in [5.74, 6) is -1.13. The second-order valence-corrected chi connectivity index (χ2v) is 19.7. The van der Waals surface area contributed by atoms with Gasteiger partial charge in [0.15, 0.2) is 0 Å². The molecule has 0 spiro atoms. The van der Waals surface area contributed by atoms with E-state index in [4.69, 9.17) is 11.5 Å². The molecular formula is C42H56N12O8S2. The highest BCUT2D eigenvalue weighted by Crippen LogP contribution is 2.35. The maximum absolute atomic E-state index is 13.1. The summed E-state index contributed by atoms with van der Waals surface area (Å²) in [6.45, 7) is 8.77. The van der Waals surface area contributed by atoms with Crippen LogP contribution in [0.5, 0.6) is 0 Å². The number of sulfonamides is 2. The summed E-state index contributed by atoms with van der Waals surface area (Å²) in [5.41, 5.74) is 15.5. The lowest BCUT2D eigenvalue weighted by Gasteiger charge is -2.38. The Morgan fingerprint density at radius 3 is 1.30 bits per heavy atom. The molecule has 4 aromatic rings. The van der Waals surface area contributed by atoms with Crippen LogP contribution in [0.2, 0.25) is 0 Å². The predicted octanol–water partition coefficient (Wildman–Crippen LogP) is 3.86. The van der Waals surface area contributed by atoms with E-state index < -0.39 is 43.7 Å². The second-order valence-electron chi connectivity index (χ2n) is 16.2. The maximum atomic E-state index is 13.1. The van der Waals surface area contributed by atoms with Gasteiger partial charge in [-0.3, -0.25) is 28.6 Å². The molecule has 8 N–H and O–H groups in total. The van der Waals surface area contributed by atoms with Crippen molar-refractivity contribution >= 4 is 78.3 Å². The highest BCUT2D eigenvalue weighted by Gasteiger charge is 2.36. The Morgan fingerprint density at radius 2 is 0.984 bits per heavy atom. The number of hydrogen-bond donors (Lipinski definition) is 6. The van der Waals surface area contributed by atoms with E-state index in [-0.39, 0.29) is 35.6 Å². The molecule has 2 aliphatic heterocycles. The van der Waals surface area contributed by atoms with Crippen LogP contribution in [0.1, 0.15) is 87.7 Å². The molecule has 0 radical (unpaired) electrons. The first-order chi connectivity index (χ1) is 30.1. The second kappa shape index (κ2) is 20.8. The summed E-state index contributed by atoms with van der Waals surface area (Å²) in [5, 5.41) is 5.24. The standard InChI is InChI=1S/2C21H28N6O4S/c2*1-4-14-9-16(11-24-19(14)22)25-20(28)21(29)27-12-13(2)5-7-17(27)15-6-8-18(23-10-15)26-32(3,30)31/h2*6,8-11,13,17H,4-5,7,12H2,1-3H3,(H2,22,24)(H,23,26)(H,25,28)/t2*13-,17+/m10/s1. The number of nitrogens with one attached hydrogen (secondary N) is 4. The third-order valence-electron chi connectivity index (χ3n) is 10.7. The summed E-state index contributed by atoms with van der Waals surface area (Å²) in [4.78, 5) is 71.1. The molecule has 2 fully saturated rings. The molecule has 2 aliphatic rings. The van der Waals surface area contributed by atoms with Crippen LogP contribution < -0.4 is 31.5 Å². The van der Waals surface area contributed by atoms with Gasteiger partial charge in [-0.1, -0.05) is 39.8 Å². The fourth-order valence-electron chi connectivity index (χ4n) is 7.53. The molecule has 20 nitrogen and oxygen atoms in total. The van der Waals surface area contributed by atoms with E-state index in [1.807, 2.05) is 27.7 Å². The van der Waals surface area contributed by atoms with Crippen LogP contribution in [0.4, 0.5) is 34.6 Å². The molecule has 64 heavy (non-hydrogen) atoms. The zero-order valence-corrected chi connectivity index (χ0v) is 38.3. The minimum Gasteiger partial charge on any atom is -0.383 e. The molecule has 0 aromatic carbocycles. The number of amides is 4. The van der Waals surface area contributed by atoms with E-state index in [0.717, 1.165) is 47.6 Å². The number of aromatic nitrogens is 4. The van der Waals surface area contributed by atoms with E-state index in [1.54, 1.807) is 46.2 Å². The fourth-order valence-corrected chi connectivity index (χ4v) is 8.53. The molecule has 0 saturated carbocycles. The molecule has 2 saturated heterocycles. The zero-order chi connectivity index (χ0) is 46.9. The molecule has 0 unspecified atom stereocenters.